The number of H-pyrrole nitrogens is 1. The standard InChI is InChI=1S/C22H22N4O2/c1-2-17-14-19(24-23-17)22(28)25-12-13-26(21(27)15-25)20-11-7-6-10-18(20)16-8-4-3-5-9-16/h3-11,14H,2,12-13,15H2,1H3,(H,23,24). The Morgan fingerprint density at radius 3 is 2.54 bits per heavy atom. The Morgan fingerprint density at radius 1 is 1.07 bits per heavy atom. The van der Waals surface area contributed by atoms with E-state index in [1.165, 1.54) is 0 Å². The number of aromatic amines is 1. The molecule has 142 valence electrons. The van der Waals surface area contributed by atoms with Crippen LogP contribution in [0, 0.1) is 0 Å². The highest BCUT2D eigenvalue weighted by atomic mass is 16.2. The third-order valence-corrected chi connectivity index (χ3v) is 5.02. The third-order valence-electron chi connectivity index (χ3n) is 5.02. The molecule has 0 bridgehead atoms. The van der Waals surface area contributed by atoms with Gasteiger partial charge in [-0.25, -0.2) is 0 Å². The highest BCUT2D eigenvalue weighted by Crippen LogP contribution is 2.31. The van der Waals surface area contributed by atoms with E-state index in [0.29, 0.717) is 18.8 Å². The smallest absolute Gasteiger partial charge is 0.274 e. The Kier molecular flexibility index (Phi) is 4.93. The summed E-state index contributed by atoms with van der Waals surface area (Å²) in [5, 5.41) is 6.93. The van der Waals surface area contributed by atoms with Gasteiger partial charge in [0.25, 0.3) is 5.91 Å². The van der Waals surface area contributed by atoms with E-state index in [0.717, 1.165) is 28.9 Å². The zero-order chi connectivity index (χ0) is 19.5. The molecule has 0 radical (unpaired) electrons. The molecule has 0 atom stereocenters. The zero-order valence-electron chi connectivity index (χ0n) is 15.8. The molecule has 28 heavy (non-hydrogen) atoms. The highest BCUT2D eigenvalue weighted by Gasteiger charge is 2.30. The number of aryl methyl sites for hydroxylation is 1. The maximum absolute atomic E-state index is 12.9. The Hall–Kier alpha value is -3.41. The number of amides is 2. The molecule has 2 amide bonds. The predicted octanol–water partition coefficient (Wildman–Crippen LogP) is 3.13. The highest BCUT2D eigenvalue weighted by molar-refractivity contribution is 6.03. The molecule has 1 fully saturated rings. The molecule has 0 unspecified atom stereocenters. The van der Waals surface area contributed by atoms with Crippen molar-refractivity contribution in [2.24, 2.45) is 0 Å². The second kappa shape index (κ2) is 7.68. The second-order valence-corrected chi connectivity index (χ2v) is 6.79. The van der Waals surface area contributed by atoms with E-state index in [9.17, 15) is 9.59 Å². The van der Waals surface area contributed by atoms with Crippen molar-refractivity contribution in [1.82, 2.24) is 15.1 Å². The van der Waals surface area contributed by atoms with Crippen LogP contribution >= 0.6 is 0 Å². The number of nitrogens with zero attached hydrogens (tertiary/aromatic N) is 3. The molecule has 2 aromatic carbocycles. The number of aromatic nitrogens is 2. The molecular formula is C22H22N4O2. The average molecular weight is 374 g/mol. The first kappa shape index (κ1) is 18.0. The Balaban J connectivity index is 1.54. The lowest BCUT2D eigenvalue weighted by Gasteiger charge is -2.35. The monoisotopic (exact) mass is 374 g/mol. The van der Waals surface area contributed by atoms with Crippen LogP contribution in [0.4, 0.5) is 5.69 Å². The summed E-state index contributed by atoms with van der Waals surface area (Å²) in [6, 6.07) is 19.6. The largest absolute Gasteiger partial charge is 0.326 e. The first-order valence-corrected chi connectivity index (χ1v) is 9.45. The normalized spacial score (nSPS) is 14.4. The molecular weight excluding hydrogens is 352 g/mol. The third kappa shape index (κ3) is 3.41. The lowest BCUT2D eigenvalue weighted by molar-refractivity contribution is -0.120. The van der Waals surface area contributed by atoms with E-state index in [1.54, 1.807) is 15.9 Å². The summed E-state index contributed by atoms with van der Waals surface area (Å²) in [5.74, 6) is -0.297. The summed E-state index contributed by atoms with van der Waals surface area (Å²) in [7, 11) is 0. The fourth-order valence-electron chi connectivity index (χ4n) is 3.49. The van der Waals surface area contributed by atoms with Crippen LogP contribution in [0.15, 0.2) is 60.7 Å². The molecule has 1 saturated heterocycles. The number of carbonyl (C=O) groups excluding carboxylic acids is 2. The topological polar surface area (TPSA) is 69.3 Å². The van der Waals surface area contributed by atoms with Gasteiger partial charge in [-0.3, -0.25) is 14.7 Å². The molecule has 1 aromatic heterocycles. The Labute approximate surface area is 163 Å². The Morgan fingerprint density at radius 2 is 1.82 bits per heavy atom. The van der Waals surface area contributed by atoms with Crippen LogP contribution < -0.4 is 4.90 Å². The van der Waals surface area contributed by atoms with E-state index in [-0.39, 0.29) is 18.4 Å². The van der Waals surface area contributed by atoms with Gasteiger partial charge in [-0.1, -0.05) is 55.5 Å². The number of nitrogens with one attached hydrogen (secondary N) is 1. The van der Waals surface area contributed by atoms with Crippen molar-refractivity contribution in [2.75, 3.05) is 24.5 Å². The number of hydrogen-bond acceptors (Lipinski definition) is 3. The van der Waals surface area contributed by atoms with Crippen molar-refractivity contribution >= 4 is 17.5 Å². The van der Waals surface area contributed by atoms with Crippen LogP contribution in [0.25, 0.3) is 11.1 Å². The number of benzene rings is 2. The van der Waals surface area contributed by atoms with E-state index in [4.69, 9.17) is 0 Å². The van der Waals surface area contributed by atoms with Gasteiger partial charge in [0.15, 0.2) is 0 Å². The van der Waals surface area contributed by atoms with Crippen LogP contribution in [0.2, 0.25) is 0 Å². The molecule has 6 heteroatoms. The number of para-hydroxylation sites is 1. The molecule has 3 aromatic rings. The molecule has 4 rings (SSSR count). The van der Waals surface area contributed by atoms with Crippen LogP contribution in [0.5, 0.6) is 0 Å². The van der Waals surface area contributed by atoms with Gasteiger partial charge in [0.2, 0.25) is 5.91 Å². The van der Waals surface area contributed by atoms with Gasteiger partial charge in [0.1, 0.15) is 12.2 Å². The van der Waals surface area contributed by atoms with E-state index in [2.05, 4.69) is 10.2 Å². The summed E-state index contributed by atoms with van der Waals surface area (Å²) in [6.45, 7) is 2.98. The van der Waals surface area contributed by atoms with Gasteiger partial charge in [0, 0.05) is 24.3 Å². The number of hydrogen-bond donors (Lipinski definition) is 1. The quantitative estimate of drug-likeness (QED) is 0.763. The maximum Gasteiger partial charge on any atom is 0.274 e. The van der Waals surface area contributed by atoms with Crippen molar-refractivity contribution in [2.45, 2.75) is 13.3 Å². The average Bonchev–Trinajstić information content (AvgIpc) is 3.23. The maximum atomic E-state index is 12.9. The SMILES string of the molecule is CCc1cc(C(=O)N2CCN(c3ccccc3-c3ccccc3)C(=O)C2)n[nH]1. The van der Waals surface area contributed by atoms with E-state index in [1.807, 2.05) is 61.5 Å². The summed E-state index contributed by atoms with van der Waals surface area (Å²) < 4.78 is 0. The molecule has 1 aliphatic rings. The fraction of sp³-hybridized carbons (Fsp3) is 0.227. The minimum absolute atomic E-state index is 0.0519. The number of piperazine rings is 1. The van der Waals surface area contributed by atoms with E-state index >= 15 is 0 Å². The summed E-state index contributed by atoms with van der Waals surface area (Å²) in [4.78, 5) is 28.9. The summed E-state index contributed by atoms with van der Waals surface area (Å²) in [6.07, 6.45) is 0.781. The second-order valence-electron chi connectivity index (χ2n) is 6.79. The number of anilines is 1. The zero-order valence-corrected chi connectivity index (χ0v) is 15.8. The predicted molar refractivity (Wildman–Crippen MR) is 108 cm³/mol. The van der Waals surface area contributed by atoms with Gasteiger partial charge >= 0.3 is 0 Å². The molecule has 0 aliphatic carbocycles. The first-order valence-electron chi connectivity index (χ1n) is 9.45. The Bertz CT molecular complexity index is 997. The molecule has 2 heterocycles. The lowest BCUT2D eigenvalue weighted by Crippen LogP contribution is -2.52. The van der Waals surface area contributed by atoms with Gasteiger partial charge in [-0.15, -0.1) is 0 Å². The van der Waals surface area contributed by atoms with Gasteiger partial charge in [-0.2, -0.15) is 5.10 Å². The van der Waals surface area contributed by atoms with Crippen LogP contribution in [-0.2, 0) is 11.2 Å². The van der Waals surface area contributed by atoms with Crippen molar-refractivity contribution in [1.29, 1.82) is 0 Å². The van der Waals surface area contributed by atoms with E-state index < -0.39 is 0 Å². The minimum atomic E-state index is -0.208. The van der Waals surface area contributed by atoms with Crippen molar-refractivity contribution in [3.63, 3.8) is 0 Å². The van der Waals surface area contributed by atoms with Gasteiger partial charge in [-0.05, 0) is 24.1 Å². The van der Waals surface area contributed by atoms with Crippen molar-refractivity contribution in [3.05, 3.63) is 72.1 Å². The van der Waals surface area contributed by atoms with Crippen LogP contribution in [-0.4, -0.2) is 46.5 Å². The molecule has 0 spiro atoms. The molecule has 1 aliphatic heterocycles. The minimum Gasteiger partial charge on any atom is -0.326 e. The molecule has 0 saturated carbocycles. The number of rotatable bonds is 4. The summed E-state index contributed by atoms with van der Waals surface area (Å²) >= 11 is 0. The first-order chi connectivity index (χ1) is 13.7. The molecule has 6 nitrogen and oxygen atoms in total. The number of carbonyl (C=O) groups is 2. The van der Waals surface area contributed by atoms with Crippen LogP contribution in [0.3, 0.4) is 0 Å². The van der Waals surface area contributed by atoms with Crippen LogP contribution in [0.1, 0.15) is 23.1 Å². The summed E-state index contributed by atoms with van der Waals surface area (Å²) in [5.41, 5.74) is 4.22. The lowest BCUT2D eigenvalue weighted by atomic mass is 10.0. The fourth-order valence-corrected chi connectivity index (χ4v) is 3.49. The van der Waals surface area contributed by atoms with Gasteiger partial charge in [0.05, 0.1) is 5.69 Å². The molecule has 1 N–H and O–H groups in total. The van der Waals surface area contributed by atoms with Gasteiger partial charge < -0.3 is 9.80 Å². The van der Waals surface area contributed by atoms with Crippen molar-refractivity contribution < 1.29 is 9.59 Å². The van der Waals surface area contributed by atoms with Crippen molar-refractivity contribution in [3.8, 4) is 11.1 Å².